The minimum Gasteiger partial charge on any atom is -0.496 e. The lowest BCUT2D eigenvalue weighted by Crippen LogP contribution is -2.08. The van der Waals surface area contributed by atoms with E-state index in [9.17, 15) is 0 Å². The van der Waals surface area contributed by atoms with Crippen LogP contribution in [-0.4, -0.2) is 22.1 Å². The van der Waals surface area contributed by atoms with Crippen LogP contribution in [0.1, 0.15) is 29.2 Å². The third-order valence-electron chi connectivity index (χ3n) is 5.83. The molecule has 0 aliphatic heterocycles. The predicted octanol–water partition coefficient (Wildman–Crippen LogP) is 6.86. The lowest BCUT2D eigenvalue weighted by atomic mass is 10.1. The first-order valence-electron chi connectivity index (χ1n) is 11.5. The van der Waals surface area contributed by atoms with Gasteiger partial charge in [-0.2, -0.15) is 0 Å². The Morgan fingerprint density at radius 2 is 1.80 bits per heavy atom. The molecule has 5 rings (SSSR count). The molecule has 6 nitrogen and oxygen atoms in total. The number of pyridine rings is 1. The summed E-state index contributed by atoms with van der Waals surface area (Å²) in [6.45, 7) is 4.77. The van der Waals surface area contributed by atoms with E-state index in [1.807, 2.05) is 43.3 Å². The summed E-state index contributed by atoms with van der Waals surface area (Å²) in [6, 6.07) is 24.7. The molecule has 176 valence electrons. The van der Waals surface area contributed by atoms with E-state index in [2.05, 4.69) is 63.9 Å². The fourth-order valence-electron chi connectivity index (χ4n) is 4.12. The van der Waals surface area contributed by atoms with E-state index >= 15 is 0 Å². The molecule has 7 heteroatoms. The summed E-state index contributed by atoms with van der Waals surface area (Å²) in [5, 5.41) is 7.92. The zero-order chi connectivity index (χ0) is 24.2. The predicted molar refractivity (Wildman–Crippen MR) is 144 cm³/mol. The number of ether oxygens (including phenoxy) is 1. The maximum absolute atomic E-state index is 5.60. The molecule has 2 N–H and O–H groups in total. The first-order valence-corrected chi connectivity index (χ1v) is 12.3. The van der Waals surface area contributed by atoms with Crippen molar-refractivity contribution in [2.45, 2.75) is 26.4 Å². The third kappa shape index (κ3) is 4.95. The van der Waals surface area contributed by atoms with Gasteiger partial charge in [-0.1, -0.05) is 36.4 Å². The van der Waals surface area contributed by atoms with Crippen LogP contribution < -0.4 is 15.4 Å². The van der Waals surface area contributed by atoms with Crippen LogP contribution in [0, 0.1) is 6.92 Å². The SMILES string of the molecule is COc1cccc2nc(C)nc(NC(C)c3ccc(-c4ccccc4CNc4ccccn4)s3)c12. The van der Waals surface area contributed by atoms with Crippen LogP contribution in [0.4, 0.5) is 11.6 Å². The number of hydrogen-bond acceptors (Lipinski definition) is 7. The third-order valence-corrected chi connectivity index (χ3v) is 7.13. The first-order chi connectivity index (χ1) is 17.1. The normalized spacial score (nSPS) is 11.9. The number of hydrogen-bond donors (Lipinski definition) is 2. The smallest absolute Gasteiger partial charge is 0.141 e. The van der Waals surface area contributed by atoms with Gasteiger partial charge in [0.2, 0.25) is 0 Å². The van der Waals surface area contributed by atoms with E-state index in [1.165, 1.54) is 20.9 Å². The van der Waals surface area contributed by atoms with Crippen LogP contribution in [0.5, 0.6) is 5.75 Å². The summed E-state index contributed by atoms with van der Waals surface area (Å²) in [5.41, 5.74) is 3.33. The molecule has 0 fully saturated rings. The Balaban J connectivity index is 1.39. The summed E-state index contributed by atoms with van der Waals surface area (Å²) in [5.74, 6) is 3.14. The molecular formula is C28H27N5OS. The molecule has 0 aliphatic carbocycles. The molecule has 0 saturated heterocycles. The van der Waals surface area contributed by atoms with E-state index in [1.54, 1.807) is 24.6 Å². The Bertz CT molecular complexity index is 1450. The Kier molecular flexibility index (Phi) is 6.59. The topological polar surface area (TPSA) is 72.0 Å². The number of nitrogens with one attached hydrogen (secondary N) is 2. The van der Waals surface area contributed by atoms with Crippen LogP contribution in [0.3, 0.4) is 0 Å². The minimum absolute atomic E-state index is 0.0648. The van der Waals surface area contributed by atoms with Crippen molar-refractivity contribution in [1.29, 1.82) is 0 Å². The summed E-state index contributed by atoms with van der Waals surface area (Å²) in [6.07, 6.45) is 1.80. The van der Waals surface area contributed by atoms with Crippen molar-refractivity contribution in [3.05, 3.63) is 95.3 Å². The largest absolute Gasteiger partial charge is 0.496 e. The molecule has 0 amide bonds. The molecule has 0 spiro atoms. The summed E-state index contributed by atoms with van der Waals surface area (Å²) in [7, 11) is 1.67. The Morgan fingerprint density at radius 1 is 0.943 bits per heavy atom. The molecule has 0 saturated carbocycles. The number of methoxy groups -OCH3 is 1. The average molecular weight is 482 g/mol. The highest BCUT2D eigenvalue weighted by atomic mass is 32.1. The maximum atomic E-state index is 5.60. The van der Waals surface area contributed by atoms with Crippen LogP contribution in [0.25, 0.3) is 21.3 Å². The van der Waals surface area contributed by atoms with E-state index in [0.29, 0.717) is 6.54 Å². The molecule has 3 heterocycles. The quantitative estimate of drug-likeness (QED) is 0.252. The monoisotopic (exact) mass is 481 g/mol. The van der Waals surface area contributed by atoms with Crippen molar-refractivity contribution in [3.8, 4) is 16.2 Å². The molecule has 2 aromatic carbocycles. The van der Waals surface area contributed by atoms with E-state index < -0.39 is 0 Å². The second-order valence-electron chi connectivity index (χ2n) is 8.27. The van der Waals surface area contributed by atoms with Crippen molar-refractivity contribution in [2.75, 3.05) is 17.7 Å². The molecule has 1 atom stereocenters. The summed E-state index contributed by atoms with van der Waals surface area (Å²) < 4.78 is 5.60. The van der Waals surface area contributed by atoms with Crippen LogP contribution >= 0.6 is 11.3 Å². The van der Waals surface area contributed by atoms with E-state index in [-0.39, 0.29) is 6.04 Å². The van der Waals surface area contributed by atoms with E-state index in [0.717, 1.165) is 34.1 Å². The lowest BCUT2D eigenvalue weighted by Gasteiger charge is -2.16. The van der Waals surface area contributed by atoms with Gasteiger partial charge in [-0.05, 0) is 61.4 Å². The Hall–Kier alpha value is -3.97. The van der Waals surface area contributed by atoms with Crippen LogP contribution in [-0.2, 0) is 6.54 Å². The maximum Gasteiger partial charge on any atom is 0.141 e. The molecule has 35 heavy (non-hydrogen) atoms. The van der Waals surface area contributed by atoms with Gasteiger partial charge >= 0.3 is 0 Å². The van der Waals surface area contributed by atoms with Crippen molar-refractivity contribution < 1.29 is 4.74 Å². The van der Waals surface area contributed by atoms with Crippen molar-refractivity contribution >= 4 is 33.9 Å². The molecular weight excluding hydrogens is 454 g/mol. The number of anilines is 2. The van der Waals surface area contributed by atoms with Gasteiger partial charge in [0.15, 0.2) is 0 Å². The fraction of sp³-hybridized carbons (Fsp3) is 0.179. The van der Waals surface area contributed by atoms with Crippen molar-refractivity contribution in [3.63, 3.8) is 0 Å². The number of fused-ring (bicyclic) bond motifs is 1. The summed E-state index contributed by atoms with van der Waals surface area (Å²) >= 11 is 1.79. The van der Waals surface area contributed by atoms with Gasteiger partial charge in [-0.3, -0.25) is 0 Å². The molecule has 5 aromatic rings. The van der Waals surface area contributed by atoms with Crippen LogP contribution in [0.15, 0.2) is 79.0 Å². The molecule has 0 aliphatic rings. The zero-order valence-electron chi connectivity index (χ0n) is 19.9. The van der Waals surface area contributed by atoms with Gasteiger partial charge in [0.1, 0.15) is 23.2 Å². The number of thiophene rings is 1. The van der Waals surface area contributed by atoms with Crippen molar-refractivity contribution in [2.24, 2.45) is 0 Å². The number of aromatic nitrogens is 3. The summed E-state index contributed by atoms with van der Waals surface area (Å²) in [4.78, 5) is 16.1. The Labute approximate surface area is 209 Å². The first kappa shape index (κ1) is 22.8. The second-order valence-corrected chi connectivity index (χ2v) is 9.38. The van der Waals surface area contributed by atoms with Crippen molar-refractivity contribution in [1.82, 2.24) is 15.0 Å². The van der Waals surface area contributed by atoms with Gasteiger partial charge in [0.05, 0.1) is 24.1 Å². The van der Waals surface area contributed by atoms with Gasteiger partial charge in [0.25, 0.3) is 0 Å². The highest BCUT2D eigenvalue weighted by Crippen LogP contribution is 2.36. The Morgan fingerprint density at radius 3 is 2.63 bits per heavy atom. The standard InChI is InChI=1S/C28H27N5OS/c1-18(31-28-27-22(32-19(2)33-28)11-8-12-23(27)34-3)24-14-15-25(35-24)21-10-5-4-9-20(21)17-30-26-13-6-7-16-29-26/h4-16,18H,17H2,1-3H3,(H,29,30)(H,31,32,33). The fourth-order valence-corrected chi connectivity index (χ4v) is 5.19. The molecule has 0 bridgehead atoms. The molecule has 1 unspecified atom stereocenters. The van der Waals surface area contributed by atoms with Gasteiger partial charge in [-0.15, -0.1) is 11.3 Å². The second kappa shape index (κ2) is 10.1. The molecule has 3 aromatic heterocycles. The van der Waals surface area contributed by atoms with Crippen LogP contribution in [0.2, 0.25) is 0 Å². The highest BCUT2D eigenvalue weighted by Gasteiger charge is 2.16. The molecule has 0 radical (unpaired) electrons. The number of rotatable bonds is 8. The zero-order valence-corrected chi connectivity index (χ0v) is 20.8. The lowest BCUT2D eigenvalue weighted by molar-refractivity contribution is 0.419. The number of aryl methyl sites for hydroxylation is 1. The minimum atomic E-state index is 0.0648. The van der Waals surface area contributed by atoms with Gasteiger partial charge in [0, 0.05) is 22.5 Å². The van der Waals surface area contributed by atoms with Gasteiger partial charge < -0.3 is 15.4 Å². The average Bonchev–Trinajstić information content (AvgIpc) is 3.38. The number of nitrogens with zero attached hydrogens (tertiary/aromatic N) is 3. The highest BCUT2D eigenvalue weighted by molar-refractivity contribution is 7.15. The van der Waals surface area contributed by atoms with Gasteiger partial charge in [-0.25, -0.2) is 15.0 Å². The van der Waals surface area contributed by atoms with E-state index in [4.69, 9.17) is 9.72 Å². The number of benzene rings is 2.